The van der Waals surface area contributed by atoms with Crippen LogP contribution in [-0.4, -0.2) is 16.0 Å². The number of nitrogens with one attached hydrogen (secondary N) is 1. The van der Waals surface area contributed by atoms with Gasteiger partial charge in [0.05, 0.1) is 5.25 Å². The van der Waals surface area contributed by atoms with Crippen LogP contribution < -0.4 is 11.3 Å². The lowest BCUT2D eigenvalue weighted by Gasteiger charge is -2.18. The largest absolute Gasteiger partial charge is 0.327 e. The van der Waals surface area contributed by atoms with Crippen molar-refractivity contribution in [2.45, 2.75) is 43.1 Å². The first-order chi connectivity index (χ1) is 9.99. The lowest BCUT2D eigenvalue weighted by Crippen LogP contribution is -2.22. The third-order valence-corrected chi connectivity index (χ3v) is 6.14. The number of hydrogen-bond acceptors (Lipinski definition) is 5. The molecule has 114 valence electrons. The molecule has 4 nitrogen and oxygen atoms in total. The maximum absolute atomic E-state index is 11.7. The molecule has 3 N–H and O–H groups in total. The Morgan fingerprint density at radius 2 is 2.29 bits per heavy atom. The first-order valence-corrected chi connectivity index (χ1v) is 9.31. The van der Waals surface area contributed by atoms with E-state index in [1.165, 1.54) is 16.6 Å². The molecule has 2 aromatic heterocycles. The minimum Gasteiger partial charge on any atom is -0.327 e. The zero-order chi connectivity index (χ0) is 15.4. The van der Waals surface area contributed by atoms with E-state index >= 15 is 0 Å². The van der Waals surface area contributed by atoms with Gasteiger partial charge in [0.15, 0.2) is 5.16 Å². The fourth-order valence-corrected chi connectivity index (χ4v) is 4.76. The number of aryl methyl sites for hydroxylation is 1. The van der Waals surface area contributed by atoms with Gasteiger partial charge in [-0.1, -0.05) is 25.1 Å². The Labute approximate surface area is 140 Å². The van der Waals surface area contributed by atoms with Gasteiger partial charge in [-0.3, -0.25) is 4.79 Å². The summed E-state index contributed by atoms with van der Waals surface area (Å²) in [4.78, 5) is 20.2. The summed E-state index contributed by atoms with van der Waals surface area (Å²) in [6.07, 6.45) is 1.78. The van der Waals surface area contributed by atoms with Crippen molar-refractivity contribution in [2.24, 2.45) is 5.73 Å². The Kier molecular flexibility index (Phi) is 6.04. The second-order valence-corrected chi connectivity index (χ2v) is 7.85. The number of rotatable bonds is 6. The number of nitrogens with two attached hydrogens (primary N) is 1. The van der Waals surface area contributed by atoms with Gasteiger partial charge >= 0.3 is 0 Å². The van der Waals surface area contributed by atoms with Crippen LogP contribution in [0.2, 0.25) is 0 Å². The van der Waals surface area contributed by atoms with E-state index in [0.717, 1.165) is 23.0 Å². The van der Waals surface area contributed by atoms with Crippen molar-refractivity contribution >= 4 is 39.0 Å². The van der Waals surface area contributed by atoms with E-state index in [1.807, 2.05) is 12.3 Å². The van der Waals surface area contributed by atoms with Crippen LogP contribution in [0.5, 0.6) is 0 Å². The number of aromatic nitrogens is 2. The molecule has 0 aliphatic rings. The Balaban J connectivity index is 2.27. The number of halogens is 1. The fraction of sp³-hybridized carbons (Fsp3) is 0.429. The highest BCUT2D eigenvalue weighted by molar-refractivity contribution is 9.10. The Hall–Kier alpha value is -0.630. The molecule has 0 aliphatic carbocycles. The van der Waals surface area contributed by atoms with Gasteiger partial charge in [-0.15, -0.1) is 11.3 Å². The molecule has 0 spiro atoms. The minimum absolute atomic E-state index is 0.0410. The van der Waals surface area contributed by atoms with Gasteiger partial charge in [0, 0.05) is 32.5 Å². The standard InChI is InChI=1S/C14H18BrN3OS2/c1-3-4-10-6-12(19)18-14(17-10)21-13(8(2)16)11-5-9(15)7-20-11/h5-8,13H,3-4,16H2,1-2H3,(H,17,18,19). The Morgan fingerprint density at radius 3 is 2.86 bits per heavy atom. The van der Waals surface area contributed by atoms with Crippen LogP contribution in [0.25, 0.3) is 0 Å². The molecule has 0 amide bonds. The van der Waals surface area contributed by atoms with E-state index in [4.69, 9.17) is 5.73 Å². The molecule has 0 saturated heterocycles. The van der Waals surface area contributed by atoms with Gasteiger partial charge in [-0.05, 0) is 35.3 Å². The summed E-state index contributed by atoms with van der Waals surface area (Å²) in [7, 11) is 0. The first-order valence-electron chi connectivity index (χ1n) is 6.76. The highest BCUT2D eigenvalue weighted by Gasteiger charge is 2.21. The molecular formula is C14H18BrN3OS2. The highest BCUT2D eigenvalue weighted by atomic mass is 79.9. The number of aromatic amines is 1. The summed E-state index contributed by atoms with van der Waals surface area (Å²) in [5.74, 6) is 0. The van der Waals surface area contributed by atoms with Crippen LogP contribution in [-0.2, 0) is 6.42 Å². The molecule has 7 heteroatoms. The molecule has 0 fully saturated rings. The van der Waals surface area contributed by atoms with Gasteiger partial charge in [-0.2, -0.15) is 0 Å². The van der Waals surface area contributed by atoms with Gasteiger partial charge in [-0.25, -0.2) is 4.98 Å². The van der Waals surface area contributed by atoms with Gasteiger partial charge < -0.3 is 10.7 Å². The summed E-state index contributed by atoms with van der Waals surface area (Å²) in [5.41, 5.74) is 6.84. The van der Waals surface area contributed by atoms with Crippen LogP contribution in [0.3, 0.4) is 0 Å². The number of thioether (sulfide) groups is 1. The smallest absolute Gasteiger partial charge is 0.251 e. The number of H-pyrrole nitrogens is 1. The third kappa shape index (κ3) is 4.67. The first kappa shape index (κ1) is 16.7. The predicted octanol–water partition coefficient (Wildman–Crippen LogP) is 3.73. The van der Waals surface area contributed by atoms with Gasteiger partial charge in [0.25, 0.3) is 5.56 Å². The van der Waals surface area contributed by atoms with Gasteiger partial charge in [0.2, 0.25) is 0 Å². The van der Waals surface area contributed by atoms with E-state index in [2.05, 4.69) is 38.9 Å². The number of nitrogens with zero attached hydrogens (tertiary/aromatic N) is 1. The third-order valence-electron chi connectivity index (χ3n) is 2.86. The van der Waals surface area contributed by atoms with Crippen molar-refractivity contribution in [1.82, 2.24) is 9.97 Å². The van der Waals surface area contributed by atoms with Crippen LogP contribution in [0.4, 0.5) is 0 Å². The van der Waals surface area contributed by atoms with E-state index in [-0.39, 0.29) is 16.9 Å². The normalized spacial score (nSPS) is 14.1. The molecule has 0 bridgehead atoms. The fourth-order valence-electron chi connectivity index (χ4n) is 1.95. The zero-order valence-electron chi connectivity index (χ0n) is 11.9. The average molecular weight is 388 g/mol. The summed E-state index contributed by atoms with van der Waals surface area (Å²) in [6, 6.07) is 3.59. The summed E-state index contributed by atoms with van der Waals surface area (Å²) in [6.45, 7) is 4.04. The topological polar surface area (TPSA) is 71.8 Å². The predicted molar refractivity (Wildman–Crippen MR) is 93.1 cm³/mol. The van der Waals surface area contributed by atoms with Gasteiger partial charge in [0.1, 0.15) is 0 Å². The average Bonchev–Trinajstić information content (AvgIpc) is 2.82. The molecule has 21 heavy (non-hydrogen) atoms. The summed E-state index contributed by atoms with van der Waals surface area (Å²) in [5, 5.41) is 2.74. The second kappa shape index (κ2) is 7.58. The van der Waals surface area contributed by atoms with Crippen molar-refractivity contribution < 1.29 is 0 Å². The van der Waals surface area contributed by atoms with Crippen LogP contribution in [0, 0.1) is 0 Å². The summed E-state index contributed by atoms with van der Waals surface area (Å²) < 4.78 is 1.05. The van der Waals surface area contributed by atoms with Crippen LogP contribution in [0.15, 0.2) is 31.9 Å². The minimum atomic E-state index is -0.105. The Morgan fingerprint density at radius 1 is 1.52 bits per heavy atom. The van der Waals surface area contributed by atoms with E-state index in [1.54, 1.807) is 17.4 Å². The number of hydrogen-bond donors (Lipinski definition) is 2. The molecule has 2 atom stereocenters. The van der Waals surface area contributed by atoms with E-state index in [0.29, 0.717) is 5.16 Å². The van der Waals surface area contributed by atoms with Crippen molar-refractivity contribution in [2.75, 3.05) is 0 Å². The van der Waals surface area contributed by atoms with Crippen molar-refractivity contribution in [3.05, 3.63) is 42.9 Å². The lowest BCUT2D eigenvalue weighted by molar-refractivity contribution is 0.723. The molecule has 0 radical (unpaired) electrons. The highest BCUT2D eigenvalue weighted by Crippen LogP contribution is 2.39. The monoisotopic (exact) mass is 387 g/mol. The quantitative estimate of drug-likeness (QED) is 0.584. The maximum Gasteiger partial charge on any atom is 0.251 e. The zero-order valence-corrected chi connectivity index (χ0v) is 15.1. The van der Waals surface area contributed by atoms with Crippen LogP contribution in [0.1, 0.15) is 36.1 Å². The molecule has 2 aromatic rings. The van der Waals surface area contributed by atoms with E-state index < -0.39 is 0 Å². The molecule has 0 saturated carbocycles. The van der Waals surface area contributed by atoms with Crippen LogP contribution >= 0.6 is 39.0 Å². The summed E-state index contributed by atoms with van der Waals surface area (Å²) >= 11 is 6.64. The van der Waals surface area contributed by atoms with Crippen molar-refractivity contribution in [3.63, 3.8) is 0 Å². The molecule has 0 aliphatic heterocycles. The Bertz CT molecular complexity index is 654. The molecule has 2 heterocycles. The molecular weight excluding hydrogens is 370 g/mol. The van der Waals surface area contributed by atoms with E-state index in [9.17, 15) is 4.79 Å². The SMILES string of the molecule is CCCc1cc(=O)[nH]c(SC(c2cc(Br)cs2)C(C)N)n1. The molecule has 2 unspecified atom stereocenters. The molecule has 2 rings (SSSR count). The lowest BCUT2D eigenvalue weighted by atomic mass is 10.2. The number of thiophene rings is 1. The van der Waals surface area contributed by atoms with Crippen molar-refractivity contribution in [3.8, 4) is 0 Å². The second-order valence-electron chi connectivity index (χ2n) is 4.86. The van der Waals surface area contributed by atoms with Crippen molar-refractivity contribution in [1.29, 1.82) is 0 Å². The maximum atomic E-state index is 11.7. The molecule has 0 aromatic carbocycles.